The van der Waals surface area contributed by atoms with E-state index in [-0.39, 0.29) is 10.7 Å². The molecular weight excluding hydrogens is 319 g/mol. The van der Waals surface area contributed by atoms with Crippen molar-refractivity contribution in [1.29, 1.82) is 0 Å². The molecule has 2 aromatic heterocycles. The number of hydrogen-bond donors (Lipinski definition) is 1. The molecule has 0 aromatic carbocycles. The van der Waals surface area contributed by atoms with Crippen LogP contribution >= 0.6 is 11.3 Å². The summed E-state index contributed by atoms with van der Waals surface area (Å²) in [6.07, 6.45) is -5.13. The predicted molar refractivity (Wildman–Crippen MR) is 71.6 cm³/mol. The molecule has 2 heterocycles. The monoisotopic (exact) mass is 331 g/mol. The molecule has 0 bridgehead atoms. The van der Waals surface area contributed by atoms with E-state index in [1.165, 1.54) is 11.4 Å². The number of rotatable bonds is 4. The molecule has 0 aliphatic heterocycles. The number of aromatic amines is 1. The van der Waals surface area contributed by atoms with Crippen LogP contribution in [0.25, 0.3) is 0 Å². The third-order valence-electron chi connectivity index (χ3n) is 3.21. The van der Waals surface area contributed by atoms with Gasteiger partial charge >= 0.3 is 12.1 Å². The SMILES string of the molecule is Cc1csc(C(OC(=O)c2cc(C3CC3)[nH]n2)C(F)(F)F)n1. The molecule has 3 rings (SSSR count). The maximum atomic E-state index is 13.1. The number of hydrogen-bond acceptors (Lipinski definition) is 5. The number of H-pyrrole nitrogens is 1. The number of aryl methyl sites for hydroxylation is 1. The lowest BCUT2D eigenvalue weighted by molar-refractivity contribution is -0.207. The normalized spacial score (nSPS) is 16.5. The number of thiazole rings is 1. The molecule has 1 N–H and O–H groups in total. The molecule has 0 spiro atoms. The van der Waals surface area contributed by atoms with Crippen molar-refractivity contribution in [2.24, 2.45) is 0 Å². The van der Waals surface area contributed by atoms with E-state index >= 15 is 0 Å². The average Bonchev–Trinajstić information content (AvgIpc) is 3.00. The highest BCUT2D eigenvalue weighted by Crippen LogP contribution is 2.40. The van der Waals surface area contributed by atoms with Gasteiger partial charge in [0.2, 0.25) is 6.10 Å². The largest absolute Gasteiger partial charge is 0.440 e. The van der Waals surface area contributed by atoms with E-state index in [9.17, 15) is 18.0 Å². The number of nitrogens with one attached hydrogen (secondary N) is 1. The minimum Gasteiger partial charge on any atom is -0.440 e. The molecule has 118 valence electrons. The van der Waals surface area contributed by atoms with Crippen molar-refractivity contribution in [2.45, 2.75) is 38.0 Å². The third kappa shape index (κ3) is 3.13. The van der Waals surface area contributed by atoms with E-state index in [4.69, 9.17) is 0 Å². The van der Waals surface area contributed by atoms with Crippen molar-refractivity contribution in [3.05, 3.63) is 33.5 Å². The number of alkyl halides is 3. The Kier molecular flexibility index (Phi) is 3.67. The molecule has 22 heavy (non-hydrogen) atoms. The summed E-state index contributed by atoms with van der Waals surface area (Å²) in [5.74, 6) is -0.799. The van der Waals surface area contributed by atoms with Crippen molar-refractivity contribution >= 4 is 17.3 Å². The number of aromatic nitrogens is 3. The first-order valence-electron chi connectivity index (χ1n) is 6.59. The summed E-state index contributed by atoms with van der Waals surface area (Å²) in [7, 11) is 0. The molecule has 1 fully saturated rings. The Hall–Kier alpha value is -1.90. The van der Waals surface area contributed by atoms with Gasteiger partial charge in [0.15, 0.2) is 5.69 Å². The van der Waals surface area contributed by atoms with Gasteiger partial charge in [-0.15, -0.1) is 11.3 Å². The van der Waals surface area contributed by atoms with Crippen molar-refractivity contribution in [3.63, 3.8) is 0 Å². The van der Waals surface area contributed by atoms with E-state index in [2.05, 4.69) is 19.9 Å². The van der Waals surface area contributed by atoms with Crippen LogP contribution in [0.3, 0.4) is 0 Å². The lowest BCUT2D eigenvalue weighted by atomic mass is 10.2. The third-order valence-corrected chi connectivity index (χ3v) is 4.21. The summed E-state index contributed by atoms with van der Waals surface area (Å²) in [6, 6.07) is 1.44. The predicted octanol–water partition coefficient (Wildman–Crippen LogP) is 3.51. The van der Waals surface area contributed by atoms with E-state index in [0.717, 1.165) is 29.9 Å². The van der Waals surface area contributed by atoms with Crippen LogP contribution in [0.4, 0.5) is 13.2 Å². The summed E-state index contributed by atoms with van der Waals surface area (Å²) < 4.78 is 43.9. The van der Waals surface area contributed by atoms with Crippen LogP contribution in [0.2, 0.25) is 0 Å². The lowest BCUT2D eigenvalue weighted by Crippen LogP contribution is -2.26. The minimum absolute atomic E-state index is 0.149. The fourth-order valence-electron chi connectivity index (χ4n) is 1.96. The van der Waals surface area contributed by atoms with Crippen LogP contribution in [0.15, 0.2) is 11.4 Å². The van der Waals surface area contributed by atoms with E-state index in [0.29, 0.717) is 11.6 Å². The van der Waals surface area contributed by atoms with Gasteiger partial charge in [-0.05, 0) is 25.8 Å². The second-order valence-electron chi connectivity index (χ2n) is 5.14. The number of nitrogens with zero attached hydrogens (tertiary/aromatic N) is 2. The number of esters is 1. The Morgan fingerprint density at radius 3 is 2.77 bits per heavy atom. The van der Waals surface area contributed by atoms with Crippen LogP contribution in [0.1, 0.15) is 51.7 Å². The summed E-state index contributed by atoms with van der Waals surface area (Å²) in [5.41, 5.74) is 1.05. The molecule has 2 aromatic rings. The zero-order chi connectivity index (χ0) is 15.9. The van der Waals surface area contributed by atoms with Gasteiger partial charge in [0.1, 0.15) is 5.01 Å². The van der Waals surface area contributed by atoms with Gasteiger partial charge in [0.05, 0.1) is 0 Å². The lowest BCUT2D eigenvalue weighted by Gasteiger charge is -2.17. The van der Waals surface area contributed by atoms with Gasteiger partial charge in [-0.3, -0.25) is 5.10 Å². The molecule has 1 atom stereocenters. The summed E-state index contributed by atoms with van der Waals surface area (Å²) >= 11 is 0.805. The first-order chi connectivity index (χ1) is 10.3. The Balaban J connectivity index is 1.78. The van der Waals surface area contributed by atoms with Gasteiger partial charge in [0, 0.05) is 22.7 Å². The van der Waals surface area contributed by atoms with Crippen LogP contribution in [0, 0.1) is 6.92 Å². The standard InChI is InChI=1S/C13H12F3N3O2S/c1-6-5-22-11(17-6)10(13(14,15)16)21-12(20)9-4-8(18-19-9)7-2-3-7/h4-5,7,10H,2-3H2,1H3,(H,18,19). The maximum Gasteiger partial charge on any atom is 0.432 e. The molecule has 5 nitrogen and oxygen atoms in total. The summed E-state index contributed by atoms with van der Waals surface area (Å²) in [5, 5.41) is 7.57. The van der Waals surface area contributed by atoms with Gasteiger partial charge in [-0.1, -0.05) is 0 Å². The van der Waals surface area contributed by atoms with Crippen LogP contribution in [0.5, 0.6) is 0 Å². The molecule has 1 unspecified atom stereocenters. The summed E-state index contributed by atoms with van der Waals surface area (Å²) in [4.78, 5) is 15.7. The van der Waals surface area contributed by atoms with Crippen LogP contribution < -0.4 is 0 Å². The van der Waals surface area contributed by atoms with Crippen molar-refractivity contribution < 1.29 is 22.7 Å². The van der Waals surface area contributed by atoms with Gasteiger partial charge in [-0.25, -0.2) is 9.78 Å². The molecule has 0 amide bonds. The van der Waals surface area contributed by atoms with Gasteiger partial charge < -0.3 is 4.74 Å². The van der Waals surface area contributed by atoms with Crippen molar-refractivity contribution in [1.82, 2.24) is 15.2 Å². The van der Waals surface area contributed by atoms with Crippen LogP contribution in [-0.2, 0) is 4.74 Å². The van der Waals surface area contributed by atoms with E-state index < -0.39 is 18.2 Å². The highest BCUT2D eigenvalue weighted by molar-refractivity contribution is 7.09. The molecule has 1 saturated carbocycles. The molecule has 1 aliphatic carbocycles. The van der Waals surface area contributed by atoms with E-state index in [1.54, 1.807) is 6.92 Å². The average molecular weight is 331 g/mol. The molecule has 0 radical (unpaired) electrons. The fraction of sp³-hybridized carbons (Fsp3) is 0.462. The minimum atomic E-state index is -4.73. The number of halogens is 3. The van der Waals surface area contributed by atoms with Gasteiger partial charge in [0.25, 0.3) is 0 Å². The first kappa shape index (κ1) is 15.0. The molecular formula is C13H12F3N3O2S. The number of carbonyl (C=O) groups is 1. The second-order valence-corrected chi connectivity index (χ2v) is 6.03. The number of ether oxygens (including phenoxy) is 1. The Bertz CT molecular complexity index is 691. The first-order valence-corrected chi connectivity index (χ1v) is 7.47. The van der Waals surface area contributed by atoms with Crippen LogP contribution in [-0.4, -0.2) is 27.3 Å². The highest BCUT2D eigenvalue weighted by Gasteiger charge is 2.46. The molecule has 1 aliphatic rings. The second kappa shape index (κ2) is 5.38. The van der Waals surface area contributed by atoms with E-state index in [1.807, 2.05) is 0 Å². The zero-order valence-corrected chi connectivity index (χ0v) is 12.3. The van der Waals surface area contributed by atoms with Gasteiger partial charge in [-0.2, -0.15) is 18.3 Å². The summed E-state index contributed by atoms with van der Waals surface area (Å²) in [6.45, 7) is 1.57. The topological polar surface area (TPSA) is 67.9 Å². The fourth-order valence-corrected chi connectivity index (χ4v) is 2.81. The quantitative estimate of drug-likeness (QED) is 0.871. The van der Waals surface area contributed by atoms with Crippen molar-refractivity contribution in [2.75, 3.05) is 0 Å². The number of carbonyl (C=O) groups excluding carboxylic acids is 1. The highest BCUT2D eigenvalue weighted by atomic mass is 32.1. The Morgan fingerprint density at radius 1 is 1.50 bits per heavy atom. The molecule has 0 saturated heterocycles. The van der Waals surface area contributed by atoms with Crippen molar-refractivity contribution in [3.8, 4) is 0 Å². The molecule has 9 heteroatoms. The Morgan fingerprint density at radius 2 is 2.23 bits per heavy atom. The zero-order valence-electron chi connectivity index (χ0n) is 11.5. The Labute approximate surface area is 127 Å². The smallest absolute Gasteiger partial charge is 0.432 e. The maximum absolute atomic E-state index is 13.1.